The third-order valence-corrected chi connectivity index (χ3v) is 4.71. The van der Waals surface area contributed by atoms with Crippen LogP contribution in [0, 0.1) is 17.2 Å². The Morgan fingerprint density at radius 3 is 2.86 bits per heavy atom. The van der Waals surface area contributed by atoms with Gasteiger partial charge in [0.2, 0.25) is 0 Å². The largest absolute Gasteiger partial charge is 0.456 e. The molecule has 1 fully saturated rings. The number of amides is 1. The zero-order valence-electron chi connectivity index (χ0n) is 12.5. The highest BCUT2D eigenvalue weighted by Crippen LogP contribution is 2.27. The van der Waals surface area contributed by atoms with Crippen molar-refractivity contribution in [3.8, 4) is 6.07 Å². The van der Waals surface area contributed by atoms with E-state index in [0.717, 1.165) is 6.42 Å². The number of nitrogens with zero attached hydrogens (tertiary/aromatic N) is 1. The van der Waals surface area contributed by atoms with Gasteiger partial charge in [0.05, 0.1) is 5.56 Å². The van der Waals surface area contributed by atoms with E-state index in [1.54, 1.807) is 11.4 Å². The highest BCUT2D eigenvalue weighted by Gasteiger charge is 2.16. The fraction of sp³-hybridized carbons (Fsp3) is 0.562. The molecule has 0 aliphatic heterocycles. The van der Waals surface area contributed by atoms with Crippen molar-refractivity contribution in [3.05, 3.63) is 17.0 Å². The summed E-state index contributed by atoms with van der Waals surface area (Å²) in [6, 6.07) is 3.63. The lowest BCUT2D eigenvalue weighted by molar-refractivity contribution is -0.147. The highest BCUT2D eigenvalue weighted by molar-refractivity contribution is 7.14. The molecule has 5 nitrogen and oxygen atoms in total. The van der Waals surface area contributed by atoms with Crippen LogP contribution in [0.3, 0.4) is 0 Å². The number of hydrogen-bond acceptors (Lipinski definition) is 5. The number of nitrogens with one attached hydrogen (secondary N) is 1. The number of carbonyl (C=O) groups is 2. The molecule has 118 valence electrons. The Morgan fingerprint density at radius 2 is 2.14 bits per heavy atom. The minimum atomic E-state index is -0.412. The van der Waals surface area contributed by atoms with Crippen LogP contribution in [0.15, 0.2) is 11.4 Å². The van der Waals surface area contributed by atoms with Gasteiger partial charge < -0.3 is 10.1 Å². The maximum absolute atomic E-state index is 11.7. The molecule has 0 atom stereocenters. The van der Waals surface area contributed by atoms with Crippen molar-refractivity contribution in [2.45, 2.75) is 44.9 Å². The van der Waals surface area contributed by atoms with E-state index in [0.29, 0.717) is 22.9 Å². The molecule has 1 amide bonds. The minimum Gasteiger partial charge on any atom is -0.456 e. The van der Waals surface area contributed by atoms with Crippen LogP contribution in [-0.2, 0) is 14.3 Å². The van der Waals surface area contributed by atoms with Gasteiger partial charge in [-0.1, -0.05) is 32.1 Å². The molecule has 0 saturated heterocycles. The number of carbonyl (C=O) groups excluding carboxylic acids is 2. The molecule has 0 unspecified atom stereocenters. The van der Waals surface area contributed by atoms with E-state index in [1.807, 2.05) is 6.07 Å². The Hall–Kier alpha value is -1.87. The van der Waals surface area contributed by atoms with E-state index >= 15 is 0 Å². The van der Waals surface area contributed by atoms with Crippen molar-refractivity contribution < 1.29 is 14.3 Å². The third-order valence-electron chi connectivity index (χ3n) is 3.88. The standard InChI is InChI=1S/C16H20N2O3S/c17-10-13-8-9-22-16(13)18-14(19)11-21-15(20)7-6-12-4-2-1-3-5-12/h8-9,12H,1-7,11H2,(H,18,19). The maximum Gasteiger partial charge on any atom is 0.306 e. The zero-order valence-corrected chi connectivity index (χ0v) is 13.3. The van der Waals surface area contributed by atoms with Crippen LogP contribution >= 0.6 is 11.3 Å². The monoisotopic (exact) mass is 320 g/mol. The molecular weight excluding hydrogens is 300 g/mol. The molecule has 2 rings (SSSR count). The predicted octanol–water partition coefficient (Wildman–Crippen LogP) is 3.46. The fourth-order valence-electron chi connectivity index (χ4n) is 2.67. The molecule has 1 aromatic rings. The second-order valence-corrected chi connectivity index (χ2v) is 6.44. The van der Waals surface area contributed by atoms with Crippen molar-refractivity contribution in [2.24, 2.45) is 5.92 Å². The lowest BCUT2D eigenvalue weighted by Gasteiger charge is -2.20. The van der Waals surface area contributed by atoms with Crippen molar-refractivity contribution in [2.75, 3.05) is 11.9 Å². The first-order chi connectivity index (χ1) is 10.7. The minimum absolute atomic E-state index is 0.299. The van der Waals surface area contributed by atoms with Crippen molar-refractivity contribution in [1.82, 2.24) is 0 Å². The number of ether oxygens (including phenoxy) is 1. The molecule has 0 spiro atoms. The average molecular weight is 320 g/mol. The van der Waals surface area contributed by atoms with E-state index < -0.39 is 5.91 Å². The first-order valence-electron chi connectivity index (χ1n) is 7.62. The fourth-order valence-corrected chi connectivity index (χ4v) is 3.43. The molecule has 1 saturated carbocycles. The Labute approximate surface area is 134 Å². The maximum atomic E-state index is 11.7. The number of rotatable bonds is 6. The van der Waals surface area contributed by atoms with E-state index in [1.165, 1.54) is 43.4 Å². The van der Waals surface area contributed by atoms with Gasteiger partial charge in [-0.15, -0.1) is 11.3 Å². The second-order valence-electron chi connectivity index (χ2n) is 5.53. The summed E-state index contributed by atoms with van der Waals surface area (Å²) in [6.07, 6.45) is 7.43. The van der Waals surface area contributed by atoms with E-state index in [2.05, 4.69) is 5.32 Å². The smallest absolute Gasteiger partial charge is 0.306 e. The summed E-state index contributed by atoms with van der Waals surface area (Å²) >= 11 is 1.27. The summed E-state index contributed by atoms with van der Waals surface area (Å²) in [7, 11) is 0. The predicted molar refractivity (Wildman–Crippen MR) is 84.4 cm³/mol. The summed E-state index contributed by atoms with van der Waals surface area (Å²) in [5.74, 6) is -0.114. The molecule has 1 heterocycles. The normalized spacial score (nSPS) is 15.0. The third kappa shape index (κ3) is 5.15. The van der Waals surface area contributed by atoms with Gasteiger partial charge in [-0.25, -0.2) is 0 Å². The SMILES string of the molecule is N#Cc1ccsc1NC(=O)COC(=O)CCC1CCCCC1. The zero-order chi connectivity index (χ0) is 15.8. The van der Waals surface area contributed by atoms with Crippen molar-refractivity contribution in [3.63, 3.8) is 0 Å². The van der Waals surface area contributed by atoms with Gasteiger partial charge in [0.25, 0.3) is 5.91 Å². The molecule has 1 aliphatic rings. The Balaban J connectivity index is 1.65. The molecule has 1 aliphatic carbocycles. The van der Waals surface area contributed by atoms with Gasteiger partial charge in [0.15, 0.2) is 6.61 Å². The molecule has 0 radical (unpaired) electrons. The summed E-state index contributed by atoms with van der Waals surface area (Å²) < 4.78 is 4.99. The van der Waals surface area contributed by atoms with Crippen molar-refractivity contribution in [1.29, 1.82) is 5.26 Å². The second kappa shape index (κ2) is 8.54. The van der Waals surface area contributed by atoms with Crippen LogP contribution in [0.1, 0.15) is 50.5 Å². The molecule has 1 N–H and O–H groups in total. The summed E-state index contributed by atoms with van der Waals surface area (Å²) in [5.41, 5.74) is 0.418. The first kappa shape index (κ1) is 16.5. The molecule has 0 aromatic carbocycles. The summed E-state index contributed by atoms with van der Waals surface area (Å²) in [4.78, 5) is 23.4. The lowest BCUT2D eigenvalue weighted by atomic mass is 9.86. The van der Waals surface area contributed by atoms with Crippen molar-refractivity contribution >= 4 is 28.2 Å². The van der Waals surface area contributed by atoms with Crippen LogP contribution in [0.25, 0.3) is 0 Å². The quantitative estimate of drug-likeness (QED) is 0.814. The first-order valence-corrected chi connectivity index (χ1v) is 8.50. The van der Waals surface area contributed by atoms with E-state index in [9.17, 15) is 9.59 Å². The van der Waals surface area contributed by atoms with Gasteiger partial charge in [-0.3, -0.25) is 9.59 Å². The molecule has 0 bridgehead atoms. The number of nitriles is 1. The van der Waals surface area contributed by atoms with Crippen LogP contribution in [0.5, 0.6) is 0 Å². The number of hydrogen-bond donors (Lipinski definition) is 1. The number of anilines is 1. The average Bonchev–Trinajstić information content (AvgIpc) is 2.99. The molecule has 6 heteroatoms. The Morgan fingerprint density at radius 1 is 1.36 bits per heavy atom. The highest BCUT2D eigenvalue weighted by atomic mass is 32.1. The molecular formula is C16H20N2O3S. The number of thiophene rings is 1. The van der Waals surface area contributed by atoms with Gasteiger partial charge in [-0.2, -0.15) is 5.26 Å². The number of esters is 1. The van der Waals surface area contributed by atoms with Crippen LogP contribution in [0.4, 0.5) is 5.00 Å². The van der Waals surface area contributed by atoms with Gasteiger partial charge in [-0.05, 0) is 23.8 Å². The molecule has 1 aromatic heterocycles. The summed E-state index contributed by atoms with van der Waals surface area (Å²) in [6.45, 7) is -0.299. The van der Waals surface area contributed by atoms with E-state index in [4.69, 9.17) is 10.00 Å². The van der Waals surface area contributed by atoms with Gasteiger partial charge in [0, 0.05) is 6.42 Å². The van der Waals surface area contributed by atoms with Gasteiger partial charge >= 0.3 is 5.97 Å². The Kier molecular flexibility index (Phi) is 6.41. The van der Waals surface area contributed by atoms with E-state index in [-0.39, 0.29) is 12.6 Å². The topological polar surface area (TPSA) is 79.2 Å². The van der Waals surface area contributed by atoms with Crippen LogP contribution < -0.4 is 5.32 Å². The van der Waals surface area contributed by atoms with Crippen LogP contribution in [0.2, 0.25) is 0 Å². The molecule has 22 heavy (non-hydrogen) atoms. The lowest BCUT2D eigenvalue weighted by Crippen LogP contribution is -2.21. The Bertz CT molecular complexity index is 556. The van der Waals surface area contributed by atoms with Gasteiger partial charge in [0.1, 0.15) is 11.1 Å². The summed E-state index contributed by atoms with van der Waals surface area (Å²) in [5, 5.41) is 13.7. The van der Waals surface area contributed by atoms with Crippen LogP contribution in [-0.4, -0.2) is 18.5 Å².